The van der Waals surface area contributed by atoms with Crippen molar-refractivity contribution in [2.45, 2.75) is 51.1 Å². The minimum Gasteiger partial charge on any atom is -0.298 e. The fraction of sp³-hybridized carbons (Fsp3) is 0.500. The lowest BCUT2D eigenvalue weighted by Crippen LogP contribution is -2.12. The maximum Gasteiger partial charge on any atom is 0.416 e. The molecule has 2 nitrogen and oxygen atoms in total. The maximum atomic E-state index is 12.7. The summed E-state index contributed by atoms with van der Waals surface area (Å²) >= 11 is 0. The van der Waals surface area contributed by atoms with Crippen molar-refractivity contribution in [3.8, 4) is 6.07 Å². The van der Waals surface area contributed by atoms with Gasteiger partial charge >= 0.3 is 6.18 Å². The van der Waals surface area contributed by atoms with Crippen LogP contribution in [0.3, 0.4) is 0 Å². The van der Waals surface area contributed by atoms with E-state index < -0.39 is 17.7 Å². The number of benzene rings is 1. The van der Waals surface area contributed by atoms with Gasteiger partial charge in [0.2, 0.25) is 0 Å². The third kappa shape index (κ3) is 5.22. The van der Waals surface area contributed by atoms with E-state index in [1.165, 1.54) is 12.1 Å². The van der Waals surface area contributed by atoms with E-state index in [4.69, 9.17) is 5.26 Å². The molecule has 1 atom stereocenters. The van der Waals surface area contributed by atoms with Crippen LogP contribution in [0.4, 0.5) is 13.2 Å². The number of carbonyl (C=O) groups is 1. The number of ketones is 1. The van der Waals surface area contributed by atoms with Crippen molar-refractivity contribution in [2.24, 2.45) is 0 Å². The third-order valence-corrected chi connectivity index (χ3v) is 3.28. The van der Waals surface area contributed by atoms with E-state index in [1.54, 1.807) is 0 Å². The second-order valence-electron chi connectivity index (χ2n) is 4.96. The lowest BCUT2D eigenvalue weighted by molar-refractivity contribution is -0.137. The van der Waals surface area contributed by atoms with E-state index in [-0.39, 0.29) is 17.8 Å². The van der Waals surface area contributed by atoms with E-state index in [2.05, 4.69) is 0 Å². The number of hydrogen-bond acceptors (Lipinski definition) is 2. The van der Waals surface area contributed by atoms with Crippen molar-refractivity contribution in [1.82, 2.24) is 0 Å². The predicted octanol–water partition coefficient (Wildman–Crippen LogP) is 4.85. The number of alkyl halides is 3. The van der Waals surface area contributed by atoms with Crippen LogP contribution in [0.5, 0.6) is 0 Å². The highest BCUT2D eigenvalue weighted by molar-refractivity contribution is 5.88. The van der Waals surface area contributed by atoms with Gasteiger partial charge in [-0.15, -0.1) is 0 Å². The Kier molecular flexibility index (Phi) is 6.41. The van der Waals surface area contributed by atoms with Gasteiger partial charge < -0.3 is 0 Å². The zero-order valence-corrected chi connectivity index (χ0v) is 11.9. The number of halogens is 3. The Morgan fingerprint density at radius 1 is 1.29 bits per heavy atom. The Morgan fingerprint density at radius 3 is 2.57 bits per heavy atom. The molecule has 0 heterocycles. The monoisotopic (exact) mass is 297 g/mol. The number of hydrogen-bond donors (Lipinski definition) is 0. The van der Waals surface area contributed by atoms with Crippen LogP contribution in [0.15, 0.2) is 24.3 Å². The zero-order chi connectivity index (χ0) is 15.9. The lowest BCUT2D eigenvalue weighted by atomic mass is 9.92. The molecule has 0 spiro atoms. The molecule has 0 aliphatic rings. The van der Waals surface area contributed by atoms with E-state index in [0.29, 0.717) is 6.42 Å². The van der Waals surface area contributed by atoms with Gasteiger partial charge in [0.25, 0.3) is 0 Å². The second-order valence-corrected chi connectivity index (χ2v) is 4.96. The summed E-state index contributed by atoms with van der Waals surface area (Å²) in [5.74, 6) is -1.43. The minimum atomic E-state index is -4.47. The fourth-order valence-corrected chi connectivity index (χ4v) is 2.10. The number of unbranched alkanes of at least 4 members (excludes halogenated alkanes) is 3. The first kappa shape index (κ1) is 17.2. The number of nitrogens with zero attached hydrogens (tertiary/aromatic N) is 1. The number of nitriles is 1. The lowest BCUT2D eigenvalue weighted by Gasteiger charge is -2.12. The molecule has 114 valence electrons. The van der Waals surface area contributed by atoms with Crippen LogP contribution in [0.25, 0.3) is 0 Å². The van der Waals surface area contributed by atoms with E-state index in [1.807, 2.05) is 13.0 Å². The summed E-state index contributed by atoms with van der Waals surface area (Å²) < 4.78 is 38.0. The molecule has 0 aliphatic heterocycles. The number of rotatable bonds is 7. The van der Waals surface area contributed by atoms with Crippen LogP contribution < -0.4 is 0 Å². The molecule has 0 saturated heterocycles. The highest BCUT2D eigenvalue weighted by Gasteiger charge is 2.31. The Balaban J connectivity index is 2.81. The van der Waals surface area contributed by atoms with Crippen molar-refractivity contribution in [1.29, 1.82) is 5.26 Å². The fourth-order valence-electron chi connectivity index (χ4n) is 2.10. The summed E-state index contributed by atoms with van der Waals surface area (Å²) in [6, 6.07) is 6.27. The van der Waals surface area contributed by atoms with Crippen LogP contribution in [-0.4, -0.2) is 5.78 Å². The zero-order valence-electron chi connectivity index (χ0n) is 11.9. The average Bonchev–Trinajstić information content (AvgIpc) is 2.44. The van der Waals surface area contributed by atoms with Crippen molar-refractivity contribution < 1.29 is 18.0 Å². The smallest absolute Gasteiger partial charge is 0.298 e. The third-order valence-electron chi connectivity index (χ3n) is 3.28. The van der Waals surface area contributed by atoms with Gasteiger partial charge in [0, 0.05) is 6.42 Å². The molecule has 21 heavy (non-hydrogen) atoms. The number of Topliss-reactive ketones (excluding diaryl/α,β-unsaturated/α-hetero) is 1. The molecule has 0 bridgehead atoms. The Bertz CT molecular complexity index is 517. The molecule has 0 N–H and O–H groups in total. The van der Waals surface area contributed by atoms with Crippen molar-refractivity contribution in [2.75, 3.05) is 0 Å². The van der Waals surface area contributed by atoms with Gasteiger partial charge in [0.1, 0.15) is 5.92 Å². The van der Waals surface area contributed by atoms with Gasteiger partial charge in [0.15, 0.2) is 5.78 Å². The quantitative estimate of drug-likeness (QED) is 0.675. The molecule has 1 rings (SSSR count). The molecule has 1 aromatic rings. The summed E-state index contributed by atoms with van der Waals surface area (Å²) in [6.45, 7) is 2.04. The summed E-state index contributed by atoms with van der Waals surface area (Å²) in [5, 5.41) is 9.09. The van der Waals surface area contributed by atoms with Gasteiger partial charge in [-0.1, -0.05) is 44.4 Å². The van der Waals surface area contributed by atoms with Gasteiger partial charge in [-0.2, -0.15) is 18.4 Å². The van der Waals surface area contributed by atoms with Gasteiger partial charge in [-0.25, -0.2) is 0 Å². The minimum absolute atomic E-state index is 0.118. The molecular formula is C16H18F3NO. The average molecular weight is 297 g/mol. The summed E-state index contributed by atoms with van der Waals surface area (Å²) in [7, 11) is 0. The van der Waals surface area contributed by atoms with Crippen LogP contribution in [-0.2, 0) is 11.0 Å². The molecule has 0 amide bonds. The van der Waals surface area contributed by atoms with E-state index >= 15 is 0 Å². The number of carbonyl (C=O) groups excluding carboxylic acids is 1. The largest absolute Gasteiger partial charge is 0.416 e. The molecule has 0 saturated carbocycles. The van der Waals surface area contributed by atoms with Crippen LogP contribution >= 0.6 is 0 Å². The normalized spacial score (nSPS) is 12.7. The Morgan fingerprint density at radius 2 is 2.00 bits per heavy atom. The Hall–Kier alpha value is -1.83. The molecule has 1 unspecified atom stereocenters. The molecule has 0 radical (unpaired) electrons. The highest BCUT2D eigenvalue weighted by Crippen LogP contribution is 2.31. The second kappa shape index (κ2) is 7.82. The standard InChI is InChI=1S/C16H18F3NO/c1-2-3-4-5-9-15(21)14(11-20)12-7-6-8-13(10-12)16(17,18)19/h6-8,10,14H,2-5,9H2,1H3. The topological polar surface area (TPSA) is 40.9 Å². The van der Waals surface area contributed by atoms with E-state index in [9.17, 15) is 18.0 Å². The van der Waals surface area contributed by atoms with Crippen molar-refractivity contribution in [3.63, 3.8) is 0 Å². The van der Waals surface area contributed by atoms with Gasteiger partial charge in [-0.3, -0.25) is 4.79 Å². The van der Waals surface area contributed by atoms with Crippen molar-refractivity contribution >= 4 is 5.78 Å². The van der Waals surface area contributed by atoms with Gasteiger partial charge in [0.05, 0.1) is 11.6 Å². The summed E-state index contributed by atoms with van der Waals surface area (Å²) in [4.78, 5) is 12.0. The van der Waals surface area contributed by atoms with Crippen LogP contribution in [0, 0.1) is 11.3 Å². The molecule has 5 heteroatoms. The first-order chi connectivity index (χ1) is 9.90. The molecule has 0 fully saturated rings. The summed E-state index contributed by atoms with van der Waals surface area (Å²) in [5.41, 5.74) is -0.716. The molecule has 1 aromatic carbocycles. The SMILES string of the molecule is CCCCCCC(=O)C(C#N)c1cccc(C(F)(F)F)c1. The van der Waals surface area contributed by atoms with Crippen LogP contribution in [0.1, 0.15) is 56.1 Å². The summed E-state index contributed by atoms with van der Waals surface area (Å²) in [6.07, 6.45) is -0.640. The predicted molar refractivity (Wildman–Crippen MR) is 73.6 cm³/mol. The first-order valence-corrected chi connectivity index (χ1v) is 6.99. The molecule has 0 aromatic heterocycles. The van der Waals surface area contributed by atoms with E-state index in [0.717, 1.165) is 31.4 Å². The van der Waals surface area contributed by atoms with Crippen molar-refractivity contribution in [3.05, 3.63) is 35.4 Å². The molecular weight excluding hydrogens is 279 g/mol. The highest BCUT2D eigenvalue weighted by atomic mass is 19.4. The van der Waals surface area contributed by atoms with Crippen LogP contribution in [0.2, 0.25) is 0 Å². The van der Waals surface area contributed by atoms with Gasteiger partial charge in [-0.05, 0) is 18.1 Å². The molecule has 0 aliphatic carbocycles. The Labute approximate surface area is 122 Å². The first-order valence-electron chi connectivity index (χ1n) is 6.99. The maximum absolute atomic E-state index is 12.7.